The van der Waals surface area contributed by atoms with E-state index in [9.17, 15) is 9.59 Å². The van der Waals surface area contributed by atoms with Crippen LogP contribution in [0.15, 0.2) is 35.4 Å². The molecule has 1 N–H and O–H groups in total. The minimum atomic E-state index is -0.404. The molecule has 5 nitrogen and oxygen atoms in total. The Morgan fingerprint density at radius 2 is 2.06 bits per heavy atom. The van der Waals surface area contributed by atoms with Gasteiger partial charge in [0.25, 0.3) is 11.5 Å². The molecular formula is C13H15N3O2. The summed E-state index contributed by atoms with van der Waals surface area (Å²) in [6.07, 6.45) is 2.91. The van der Waals surface area contributed by atoms with Crippen LogP contribution in [-0.2, 0) is 0 Å². The highest BCUT2D eigenvalue weighted by Gasteiger charge is 2.18. The van der Waals surface area contributed by atoms with Crippen LogP contribution in [0, 0.1) is 0 Å². The van der Waals surface area contributed by atoms with Gasteiger partial charge in [0.2, 0.25) is 0 Å². The number of amides is 1. The van der Waals surface area contributed by atoms with Gasteiger partial charge in [0, 0.05) is 17.9 Å². The van der Waals surface area contributed by atoms with E-state index in [2.05, 4.69) is 10.3 Å². The van der Waals surface area contributed by atoms with Crippen molar-refractivity contribution in [1.82, 2.24) is 14.7 Å². The van der Waals surface area contributed by atoms with Crippen LogP contribution in [0.1, 0.15) is 31.1 Å². The zero-order valence-electron chi connectivity index (χ0n) is 10.6. The molecule has 2 aromatic rings. The molecule has 2 rings (SSSR count). The van der Waals surface area contributed by atoms with Gasteiger partial charge in [0.15, 0.2) is 0 Å². The van der Waals surface area contributed by atoms with Gasteiger partial charge in [-0.05, 0) is 32.9 Å². The first-order chi connectivity index (χ1) is 8.38. The Morgan fingerprint density at radius 1 is 1.33 bits per heavy atom. The fraction of sp³-hybridized carbons (Fsp3) is 0.308. The summed E-state index contributed by atoms with van der Waals surface area (Å²) in [4.78, 5) is 28.2. The summed E-state index contributed by atoms with van der Waals surface area (Å²) >= 11 is 0. The van der Waals surface area contributed by atoms with E-state index in [-0.39, 0.29) is 16.7 Å². The van der Waals surface area contributed by atoms with E-state index in [1.54, 1.807) is 24.4 Å². The molecule has 0 unspecified atom stereocenters. The third-order valence-electron chi connectivity index (χ3n) is 2.35. The van der Waals surface area contributed by atoms with Crippen molar-refractivity contribution in [2.24, 2.45) is 0 Å². The topological polar surface area (TPSA) is 63.5 Å². The van der Waals surface area contributed by atoms with Crippen LogP contribution >= 0.6 is 0 Å². The van der Waals surface area contributed by atoms with Gasteiger partial charge in [-0.25, -0.2) is 4.98 Å². The van der Waals surface area contributed by atoms with Crippen molar-refractivity contribution in [3.63, 3.8) is 0 Å². The number of fused-ring (bicyclic) bond motifs is 1. The minimum Gasteiger partial charge on any atom is -0.347 e. The maximum Gasteiger partial charge on any atom is 0.270 e. The molecule has 0 aromatic carbocycles. The Morgan fingerprint density at radius 3 is 2.72 bits per heavy atom. The van der Waals surface area contributed by atoms with Crippen molar-refractivity contribution < 1.29 is 4.79 Å². The molecule has 0 aliphatic heterocycles. The fourth-order valence-corrected chi connectivity index (χ4v) is 1.59. The number of hydrogen-bond donors (Lipinski definition) is 1. The van der Waals surface area contributed by atoms with Crippen molar-refractivity contribution in [3.05, 3.63) is 46.5 Å². The molecule has 0 saturated carbocycles. The van der Waals surface area contributed by atoms with E-state index < -0.39 is 5.91 Å². The van der Waals surface area contributed by atoms with Crippen molar-refractivity contribution in [3.8, 4) is 0 Å². The second-order valence-electron chi connectivity index (χ2n) is 5.11. The van der Waals surface area contributed by atoms with E-state index in [0.29, 0.717) is 5.65 Å². The van der Waals surface area contributed by atoms with Gasteiger partial charge in [-0.2, -0.15) is 0 Å². The monoisotopic (exact) mass is 245 g/mol. The van der Waals surface area contributed by atoms with E-state index in [1.807, 2.05) is 20.8 Å². The molecule has 2 aromatic heterocycles. The molecular weight excluding hydrogens is 230 g/mol. The average Bonchev–Trinajstić information content (AvgIpc) is 2.27. The van der Waals surface area contributed by atoms with E-state index >= 15 is 0 Å². The number of nitrogens with one attached hydrogen (secondary N) is 1. The van der Waals surface area contributed by atoms with E-state index in [4.69, 9.17) is 0 Å². The lowest BCUT2D eigenvalue weighted by Crippen LogP contribution is -2.43. The lowest BCUT2D eigenvalue weighted by Gasteiger charge is -2.20. The predicted octanol–water partition coefficient (Wildman–Crippen LogP) is 1.22. The second-order valence-corrected chi connectivity index (χ2v) is 5.11. The van der Waals surface area contributed by atoms with Crippen molar-refractivity contribution in [1.29, 1.82) is 0 Å². The maximum absolute atomic E-state index is 12.1. The smallest absolute Gasteiger partial charge is 0.270 e. The number of carbonyl (C=O) groups is 1. The van der Waals surface area contributed by atoms with Gasteiger partial charge in [-0.3, -0.25) is 14.0 Å². The molecule has 0 radical (unpaired) electrons. The largest absolute Gasteiger partial charge is 0.347 e. The highest BCUT2D eigenvalue weighted by molar-refractivity contribution is 5.94. The normalized spacial score (nSPS) is 11.5. The van der Waals surface area contributed by atoms with E-state index in [1.165, 1.54) is 10.6 Å². The number of carbonyl (C=O) groups excluding carboxylic acids is 1. The number of pyridine rings is 1. The quantitative estimate of drug-likeness (QED) is 0.821. The Labute approximate surface area is 104 Å². The van der Waals surface area contributed by atoms with Crippen LogP contribution in [0.3, 0.4) is 0 Å². The van der Waals surface area contributed by atoms with Crippen molar-refractivity contribution >= 4 is 11.6 Å². The highest BCUT2D eigenvalue weighted by Crippen LogP contribution is 2.02. The summed E-state index contributed by atoms with van der Waals surface area (Å²) in [5.41, 5.74) is -0.175. The molecule has 1 amide bonds. The second kappa shape index (κ2) is 4.25. The van der Waals surface area contributed by atoms with Gasteiger partial charge < -0.3 is 5.32 Å². The predicted molar refractivity (Wildman–Crippen MR) is 68.7 cm³/mol. The summed E-state index contributed by atoms with van der Waals surface area (Å²) < 4.78 is 1.36. The van der Waals surface area contributed by atoms with Crippen LogP contribution in [0.5, 0.6) is 0 Å². The molecule has 5 heteroatoms. The van der Waals surface area contributed by atoms with Crippen LogP contribution in [0.25, 0.3) is 5.65 Å². The van der Waals surface area contributed by atoms with Crippen LogP contribution in [0.4, 0.5) is 0 Å². The van der Waals surface area contributed by atoms with Crippen molar-refractivity contribution in [2.75, 3.05) is 0 Å². The zero-order chi connectivity index (χ0) is 13.3. The molecule has 0 bridgehead atoms. The molecule has 2 heterocycles. The molecule has 94 valence electrons. The Balaban J connectivity index is 2.50. The maximum atomic E-state index is 12.1. The molecule has 0 aliphatic rings. The summed E-state index contributed by atoms with van der Waals surface area (Å²) in [6, 6.07) is 5.23. The minimum absolute atomic E-state index is 0.0497. The summed E-state index contributed by atoms with van der Waals surface area (Å²) in [7, 11) is 0. The highest BCUT2D eigenvalue weighted by atomic mass is 16.2. The van der Waals surface area contributed by atoms with Crippen molar-refractivity contribution in [2.45, 2.75) is 26.3 Å². The molecule has 0 fully saturated rings. The van der Waals surface area contributed by atoms with E-state index in [0.717, 1.165) is 0 Å². The molecule has 0 spiro atoms. The Kier molecular flexibility index (Phi) is 2.90. The van der Waals surface area contributed by atoms with Gasteiger partial charge in [0.05, 0.1) is 0 Å². The zero-order valence-corrected chi connectivity index (χ0v) is 10.6. The van der Waals surface area contributed by atoms with Gasteiger partial charge in [0.1, 0.15) is 11.2 Å². The van der Waals surface area contributed by atoms with Gasteiger partial charge in [-0.15, -0.1) is 0 Å². The summed E-state index contributed by atoms with van der Waals surface area (Å²) in [6.45, 7) is 5.57. The standard InChI is InChI=1S/C13H15N3O2/c1-13(2,3)15-11(17)9-8-14-10-6-4-5-7-16(10)12(9)18/h4-8H,1-3H3,(H,15,17). The SMILES string of the molecule is CC(C)(C)NC(=O)c1cnc2ccccn2c1=O. The van der Waals surface area contributed by atoms with Gasteiger partial charge >= 0.3 is 0 Å². The lowest BCUT2D eigenvalue weighted by atomic mass is 10.1. The number of rotatable bonds is 1. The van der Waals surface area contributed by atoms with Gasteiger partial charge in [-0.1, -0.05) is 6.07 Å². The first-order valence-corrected chi connectivity index (χ1v) is 5.67. The summed E-state index contributed by atoms with van der Waals surface area (Å²) in [5, 5.41) is 2.75. The van der Waals surface area contributed by atoms with Crippen LogP contribution < -0.4 is 10.9 Å². The Bertz CT molecular complexity index is 653. The number of aromatic nitrogens is 2. The fourth-order valence-electron chi connectivity index (χ4n) is 1.59. The molecule has 0 saturated heterocycles. The molecule has 18 heavy (non-hydrogen) atoms. The molecule has 0 aliphatic carbocycles. The number of hydrogen-bond acceptors (Lipinski definition) is 3. The third-order valence-corrected chi connectivity index (χ3v) is 2.35. The van der Waals surface area contributed by atoms with Crippen LogP contribution in [-0.4, -0.2) is 20.8 Å². The third kappa shape index (κ3) is 2.40. The first kappa shape index (κ1) is 12.3. The number of nitrogens with zero attached hydrogens (tertiary/aromatic N) is 2. The Hall–Kier alpha value is -2.17. The lowest BCUT2D eigenvalue weighted by molar-refractivity contribution is 0.0917. The van der Waals surface area contributed by atoms with Crippen LogP contribution in [0.2, 0.25) is 0 Å². The molecule has 0 atom stereocenters. The average molecular weight is 245 g/mol. The first-order valence-electron chi connectivity index (χ1n) is 5.67. The summed E-state index contributed by atoms with van der Waals surface area (Å²) in [5.74, 6) is -0.404.